The second-order valence-corrected chi connectivity index (χ2v) is 4.51. The summed E-state index contributed by atoms with van der Waals surface area (Å²) in [7, 11) is 0.956. The van der Waals surface area contributed by atoms with Crippen molar-refractivity contribution in [2.45, 2.75) is 0 Å². The molecule has 2 aromatic rings. The average molecular weight is 334 g/mol. The fraction of sp³-hybridized carbons (Fsp3) is 0.143. The minimum atomic E-state index is -1.62. The standard InChI is InChI=1S/C14H9BF6O2/c1-22-8-4-6(17)11(19)10(12(8)20)15-9-5(16)3-7(18)14(23-2)13(9)21/h3-4,15H,1-2H3. The summed E-state index contributed by atoms with van der Waals surface area (Å²) in [6.45, 7) is 0. The number of halogens is 6. The molecule has 9 heteroatoms. The lowest BCUT2D eigenvalue weighted by Gasteiger charge is -2.12. The van der Waals surface area contributed by atoms with Gasteiger partial charge in [0.1, 0.15) is 5.82 Å². The summed E-state index contributed by atoms with van der Waals surface area (Å²) >= 11 is 0. The zero-order valence-corrected chi connectivity index (χ0v) is 11.9. The Labute approximate surface area is 127 Å². The maximum atomic E-state index is 14.1. The molecule has 0 aliphatic rings. The largest absolute Gasteiger partial charge is 0.494 e. The first-order valence-electron chi connectivity index (χ1n) is 6.22. The molecule has 0 amide bonds. The van der Waals surface area contributed by atoms with Crippen LogP contribution in [0.3, 0.4) is 0 Å². The van der Waals surface area contributed by atoms with Crippen molar-refractivity contribution in [1.29, 1.82) is 0 Å². The molecule has 0 aliphatic heterocycles. The summed E-state index contributed by atoms with van der Waals surface area (Å²) in [4.78, 5) is 0. The van der Waals surface area contributed by atoms with Crippen LogP contribution >= 0.6 is 0 Å². The molecule has 2 nitrogen and oxygen atoms in total. The van der Waals surface area contributed by atoms with E-state index in [1.807, 2.05) is 0 Å². The summed E-state index contributed by atoms with van der Waals surface area (Å²) in [5.41, 5.74) is -1.82. The minimum absolute atomic E-state index is 0.309. The number of methoxy groups -OCH3 is 2. The average Bonchev–Trinajstić information content (AvgIpc) is 2.50. The van der Waals surface area contributed by atoms with Gasteiger partial charge in [0.25, 0.3) is 0 Å². The Balaban J connectivity index is 2.63. The predicted molar refractivity (Wildman–Crippen MR) is 72.2 cm³/mol. The SMILES string of the molecule is COc1cc(F)c(F)c(Bc2c(F)cc(F)c(OC)c2F)c1F. The van der Waals surface area contributed by atoms with E-state index in [0.29, 0.717) is 12.1 Å². The number of ether oxygens (including phenoxy) is 2. The van der Waals surface area contributed by atoms with Crippen molar-refractivity contribution in [2.24, 2.45) is 0 Å². The van der Waals surface area contributed by atoms with Gasteiger partial charge in [0, 0.05) is 12.1 Å². The van der Waals surface area contributed by atoms with Crippen molar-refractivity contribution in [3.63, 3.8) is 0 Å². The maximum absolute atomic E-state index is 14.1. The Hall–Kier alpha value is -2.32. The molecule has 23 heavy (non-hydrogen) atoms. The highest BCUT2D eigenvalue weighted by molar-refractivity contribution is 6.67. The van der Waals surface area contributed by atoms with E-state index in [2.05, 4.69) is 9.47 Å². The summed E-state index contributed by atoms with van der Waals surface area (Å²) in [5, 5.41) is 0. The van der Waals surface area contributed by atoms with Crippen LogP contribution in [0.25, 0.3) is 0 Å². The van der Waals surface area contributed by atoms with E-state index in [4.69, 9.17) is 0 Å². The van der Waals surface area contributed by atoms with Crippen molar-refractivity contribution in [3.05, 3.63) is 47.0 Å². The molecule has 0 N–H and O–H groups in total. The third-order valence-corrected chi connectivity index (χ3v) is 3.21. The highest BCUT2D eigenvalue weighted by Crippen LogP contribution is 2.22. The van der Waals surface area contributed by atoms with Gasteiger partial charge in [-0.1, -0.05) is 0 Å². The molecule has 2 aromatic carbocycles. The fourth-order valence-electron chi connectivity index (χ4n) is 2.07. The first-order chi connectivity index (χ1) is 10.8. The Morgan fingerprint density at radius 3 is 1.91 bits per heavy atom. The van der Waals surface area contributed by atoms with E-state index in [1.165, 1.54) is 0 Å². The Bertz CT molecular complexity index is 766. The second kappa shape index (κ2) is 6.43. The first kappa shape index (κ1) is 17.0. The van der Waals surface area contributed by atoms with E-state index < -0.39 is 64.6 Å². The van der Waals surface area contributed by atoms with Crippen LogP contribution in [0.15, 0.2) is 12.1 Å². The summed E-state index contributed by atoms with van der Waals surface area (Å²) in [6.07, 6.45) is 0. The second-order valence-electron chi connectivity index (χ2n) is 4.51. The maximum Gasteiger partial charge on any atom is 0.208 e. The zero-order chi connectivity index (χ0) is 17.3. The van der Waals surface area contributed by atoms with Crippen molar-refractivity contribution in [3.8, 4) is 11.5 Å². The van der Waals surface area contributed by atoms with E-state index in [1.54, 1.807) is 0 Å². The third-order valence-electron chi connectivity index (χ3n) is 3.21. The summed E-state index contributed by atoms with van der Waals surface area (Å²) < 4.78 is 91.3. The van der Waals surface area contributed by atoms with Gasteiger partial charge in [-0.15, -0.1) is 0 Å². The molecule has 0 aromatic heterocycles. The molecule has 0 radical (unpaired) electrons. The molecule has 0 unspecified atom stereocenters. The van der Waals surface area contributed by atoms with E-state index in [9.17, 15) is 26.3 Å². The highest BCUT2D eigenvalue weighted by Gasteiger charge is 2.26. The number of benzene rings is 2. The minimum Gasteiger partial charge on any atom is -0.494 e. The topological polar surface area (TPSA) is 18.5 Å². The van der Waals surface area contributed by atoms with Crippen LogP contribution in [0.2, 0.25) is 0 Å². The fourth-order valence-corrected chi connectivity index (χ4v) is 2.07. The van der Waals surface area contributed by atoms with E-state index >= 15 is 0 Å². The van der Waals surface area contributed by atoms with Crippen LogP contribution in [-0.4, -0.2) is 21.5 Å². The van der Waals surface area contributed by atoms with Crippen molar-refractivity contribution in [2.75, 3.05) is 14.2 Å². The van der Waals surface area contributed by atoms with Crippen LogP contribution in [0.5, 0.6) is 11.5 Å². The van der Waals surface area contributed by atoms with Crippen molar-refractivity contribution < 1.29 is 35.8 Å². The summed E-state index contributed by atoms with van der Waals surface area (Å²) in [6, 6.07) is 0.774. The first-order valence-corrected chi connectivity index (χ1v) is 6.22. The van der Waals surface area contributed by atoms with Gasteiger partial charge in [-0.25, -0.2) is 26.3 Å². The molecule has 0 bridgehead atoms. The lowest BCUT2D eigenvalue weighted by molar-refractivity contribution is 0.358. The summed E-state index contributed by atoms with van der Waals surface area (Å²) in [5.74, 6) is -10.1. The van der Waals surface area contributed by atoms with Gasteiger partial charge in [0.05, 0.1) is 14.2 Å². The highest BCUT2D eigenvalue weighted by atomic mass is 19.2. The normalized spacial score (nSPS) is 10.6. The zero-order valence-electron chi connectivity index (χ0n) is 11.9. The molecule has 0 aliphatic carbocycles. The molecule has 0 atom stereocenters. The predicted octanol–water partition coefficient (Wildman–Crippen LogP) is 1.93. The molecule has 0 saturated heterocycles. The van der Waals surface area contributed by atoms with Gasteiger partial charge in [0.2, 0.25) is 7.28 Å². The van der Waals surface area contributed by atoms with Crippen molar-refractivity contribution >= 4 is 18.2 Å². The lowest BCUT2D eigenvalue weighted by Crippen LogP contribution is -2.37. The van der Waals surface area contributed by atoms with Crippen LogP contribution < -0.4 is 20.4 Å². The molecule has 2 rings (SSSR count). The van der Waals surface area contributed by atoms with Crippen LogP contribution in [-0.2, 0) is 0 Å². The van der Waals surface area contributed by atoms with Crippen LogP contribution in [0.1, 0.15) is 0 Å². The Morgan fingerprint density at radius 2 is 1.35 bits per heavy atom. The van der Waals surface area contributed by atoms with Gasteiger partial charge in [0.15, 0.2) is 40.6 Å². The molecule has 122 valence electrons. The number of hydrogen-bond donors (Lipinski definition) is 0. The molecule has 0 heterocycles. The number of rotatable bonds is 4. The third kappa shape index (κ3) is 2.95. The van der Waals surface area contributed by atoms with Gasteiger partial charge < -0.3 is 9.47 Å². The van der Waals surface area contributed by atoms with Gasteiger partial charge in [-0.3, -0.25) is 0 Å². The molecular weight excluding hydrogens is 325 g/mol. The molecule has 0 saturated carbocycles. The lowest BCUT2D eigenvalue weighted by atomic mass is 9.62. The van der Waals surface area contributed by atoms with Crippen LogP contribution in [0.4, 0.5) is 26.3 Å². The number of hydrogen-bond acceptors (Lipinski definition) is 2. The smallest absolute Gasteiger partial charge is 0.208 e. The van der Waals surface area contributed by atoms with Gasteiger partial charge >= 0.3 is 0 Å². The monoisotopic (exact) mass is 334 g/mol. The Morgan fingerprint density at radius 1 is 0.696 bits per heavy atom. The quantitative estimate of drug-likeness (QED) is 0.483. The van der Waals surface area contributed by atoms with E-state index in [-0.39, 0.29) is 0 Å². The van der Waals surface area contributed by atoms with Gasteiger partial charge in [-0.05, 0) is 10.9 Å². The molecular formula is C14H9BF6O2. The van der Waals surface area contributed by atoms with Gasteiger partial charge in [-0.2, -0.15) is 0 Å². The molecule has 0 fully saturated rings. The van der Waals surface area contributed by atoms with Crippen molar-refractivity contribution in [1.82, 2.24) is 0 Å². The molecule has 0 spiro atoms. The van der Waals surface area contributed by atoms with E-state index in [0.717, 1.165) is 14.2 Å². The van der Waals surface area contributed by atoms with Crippen LogP contribution in [0, 0.1) is 34.9 Å². The Kier molecular flexibility index (Phi) is 4.77.